The summed E-state index contributed by atoms with van der Waals surface area (Å²) in [6.45, 7) is 0.488. The molecule has 0 spiro atoms. The lowest BCUT2D eigenvalue weighted by atomic mass is 9.92. The topological polar surface area (TPSA) is 116 Å². The molecule has 5 atom stereocenters. The minimum absolute atomic E-state index is 0.342. The first-order valence-corrected chi connectivity index (χ1v) is 9.41. The van der Waals surface area contributed by atoms with Gasteiger partial charge in [-0.3, -0.25) is 0 Å². The van der Waals surface area contributed by atoms with Gasteiger partial charge in [-0.1, -0.05) is 17.7 Å². The van der Waals surface area contributed by atoms with Crippen LogP contribution >= 0.6 is 11.6 Å². The quantitative estimate of drug-likeness (QED) is 0.596. The second-order valence-electron chi connectivity index (χ2n) is 7.08. The smallest absolute Gasteiger partial charge is 0.164 e. The van der Waals surface area contributed by atoms with Crippen molar-refractivity contribution in [1.82, 2.24) is 14.5 Å². The summed E-state index contributed by atoms with van der Waals surface area (Å²) in [7, 11) is 0. The van der Waals surface area contributed by atoms with E-state index in [1.54, 1.807) is 22.9 Å². The van der Waals surface area contributed by atoms with Gasteiger partial charge in [0.25, 0.3) is 0 Å². The van der Waals surface area contributed by atoms with Crippen molar-refractivity contribution >= 4 is 28.5 Å². The molecule has 1 fully saturated rings. The summed E-state index contributed by atoms with van der Waals surface area (Å²) < 4.78 is 13.7. The predicted molar refractivity (Wildman–Crippen MR) is 102 cm³/mol. The number of ether oxygens (including phenoxy) is 2. The summed E-state index contributed by atoms with van der Waals surface area (Å²) in [6.07, 6.45) is -0.546. The van der Waals surface area contributed by atoms with Crippen LogP contribution < -0.4 is 5.73 Å². The minimum atomic E-state index is -1.15. The molecule has 9 heteroatoms. The molecule has 2 aromatic heterocycles. The molecule has 2 aliphatic heterocycles. The Hall–Kier alpha value is -2.23. The van der Waals surface area contributed by atoms with Gasteiger partial charge in [0.2, 0.25) is 0 Å². The SMILES string of the molecule is Nc1ncnc2c1ccn2[C@H]1OC([C@@H]2OCCc3cc(Cl)ccc32)C(O)C1O. The number of fused-ring (bicyclic) bond motifs is 2. The van der Waals surface area contributed by atoms with Crippen LogP contribution in [0.5, 0.6) is 0 Å². The molecular weight excluding hydrogens is 384 g/mol. The monoisotopic (exact) mass is 402 g/mol. The van der Waals surface area contributed by atoms with Gasteiger partial charge >= 0.3 is 0 Å². The number of anilines is 1. The lowest BCUT2D eigenvalue weighted by Gasteiger charge is -2.31. The Labute approximate surface area is 165 Å². The Kier molecular flexibility index (Phi) is 4.26. The van der Waals surface area contributed by atoms with Crippen LogP contribution in [0.3, 0.4) is 0 Å². The van der Waals surface area contributed by atoms with Crippen molar-refractivity contribution in [2.24, 2.45) is 0 Å². The lowest BCUT2D eigenvalue weighted by molar-refractivity contribution is -0.113. The molecule has 8 nitrogen and oxygen atoms in total. The third-order valence-electron chi connectivity index (χ3n) is 5.47. The van der Waals surface area contributed by atoms with Gasteiger partial charge in [0, 0.05) is 11.2 Å². The summed E-state index contributed by atoms with van der Waals surface area (Å²) >= 11 is 6.11. The van der Waals surface area contributed by atoms with E-state index in [4.69, 9.17) is 26.8 Å². The number of benzene rings is 1. The van der Waals surface area contributed by atoms with Crippen LogP contribution in [-0.2, 0) is 15.9 Å². The second-order valence-corrected chi connectivity index (χ2v) is 7.51. The molecule has 28 heavy (non-hydrogen) atoms. The molecule has 2 aliphatic rings. The van der Waals surface area contributed by atoms with Crippen LogP contribution in [0.15, 0.2) is 36.8 Å². The standard InChI is InChI=1S/C19H19ClN4O4/c20-10-1-2-11-9(7-10)4-6-27-15(11)16-13(25)14(26)19(28-16)24-5-3-12-17(21)22-8-23-18(12)24/h1-3,5,7-8,13-16,19,25-26H,4,6H2,(H2,21,22,23)/t13?,14?,15-,16?,19+/m1/s1. The molecule has 3 unspecified atom stereocenters. The number of hydrogen-bond donors (Lipinski definition) is 3. The van der Waals surface area contributed by atoms with Crippen LogP contribution in [-0.4, -0.2) is 49.7 Å². The third-order valence-corrected chi connectivity index (χ3v) is 5.70. The minimum Gasteiger partial charge on any atom is -0.387 e. The summed E-state index contributed by atoms with van der Waals surface area (Å²) in [5.74, 6) is 0.342. The Morgan fingerprint density at radius 1 is 1.18 bits per heavy atom. The molecule has 0 radical (unpaired) electrons. The highest BCUT2D eigenvalue weighted by Crippen LogP contribution is 2.41. The maximum absolute atomic E-state index is 10.7. The number of nitrogen functional groups attached to an aromatic ring is 1. The third kappa shape index (κ3) is 2.68. The fourth-order valence-corrected chi connectivity index (χ4v) is 4.28. The summed E-state index contributed by atoms with van der Waals surface area (Å²) in [6, 6.07) is 7.34. The average Bonchev–Trinajstić information content (AvgIpc) is 3.24. The van der Waals surface area contributed by atoms with Crippen molar-refractivity contribution in [1.29, 1.82) is 0 Å². The van der Waals surface area contributed by atoms with Crippen LogP contribution in [0.1, 0.15) is 23.5 Å². The zero-order valence-corrected chi connectivity index (χ0v) is 15.5. The summed E-state index contributed by atoms with van der Waals surface area (Å²) in [4.78, 5) is 8.21. The first-order valence-electron chi connectivity index (χ1n) is 9.03. The lowest BCUT2D eigenvalue weighted by Crippen LogP contribution is -2.37. The summed E-state index contributed by atoms with van der Waals surface area (Å²) in [5, 5.41) is 22.7. The molecular formula is C19H19ClN4O4. The highest BCUT2D eigenvalue weighted by atomic mass is 35.5. The van der Waals surface area contributed by atoms with Crippen molar-refractivity contribution in [2.75, 3.05) is 12.3 Å². The number of hydrogen-bond acceptors (Lipinski definition) is 7. The number of nitrogens with zero attached hydrogens (tertiary/aromatic N) is 3. The molecule has 4 N–H and O–H groups in total. The highest BCUT2D eigenvalue weighted by Gasteiger charge is 2.49. The van der Waals surface area contributed by atoms with Crippen molar-refractivity contribution in [3.63, 3.8) is 0 Å². The number of rotatable bonds is 2. The molecule has 0 aliphatic carbocycles. The average molecular weight is 403 g/mol. The first kappa shape index (κ1) is 17.8. The number of aliphatic hydroxyl groups is 2. The second kappa shape index (κ2) is 6.68. The van der Waals surface area contributed by atoms with E-state index in [0.29, 0.717) is 28.5 Å². The molecule has 0 bridgehead atoms. The van der Waals surface area contributed by atoms with E-state index >= 15 is 0 Å². The zero-order chi connectivity index (χ0) is 19.4. The maximum atomic E-state index is 10.7. The fraction of sp³-hybridized carbons (Fsp3) is 0.368. The van der Waals surface area contributed by atoms with Gasteiger partial charge in [-0.15, -0.1) is 0 Å². The Morgan fingerprint density at radius 2 is 2.04 bits per heavy atom. The van der Waals surface area contributed by atoms with Gasteiger partial charge in [0.05, 0.1) is 12.0 Å². The van der Waals surface area contributed by atoms with Crippen molar-refractivity contribution in [3.05, 3.63) is 52.9 Å². The van der Waals surface area contributed by atoms with E-state index in [0.717, 1.165) is 17.5 Å². The van der Waals surface area contributed by atoms with Gasteiger partial charge < -0.3 is 30.0 Å². The van der Waals surface area contributed by atoms with E-state index in [2.05, 4.69) is 9.97 Å². The largest absolute Gasteiger partial charge is 0.387 e. The van der Waals surface area contributed by atoms with E-state index in [1.165, 1.54) is 6.33 Å². The first-order chi connectivity index (χ1) is 13.5. The van der Waals surface area contributed by atoms with E-state index < -0.39 is 30.6 Å². The van der Waals surface area contributed by atoms with Crippen molar-refractivity contribution in [3.8, 4) is 0 Å². The van der Waals surface area contributed by atoms with Crippen LogP contribution in [0.2, 0.25) is 5.02 Å². The fourth-order valence-electron chi connectivity index (χ4n) is 4.09. The molecule has 3 aromatic rings. The summed E-state index contributed by atoms with van der Waals surface area (Å²) in [5.41, 5.74) is 8.39. The van der Waals surface area contributed by atoms with Gasteiger partial charge in [-0.05, 0) is 35.7 Å². The van der Waals surface area contributed by atoms with Gasteiger partial charge in [0.15, 0.2) is 6.23 Å². The molecule has 1 saturated heterocycles. The Bertz CT molecular complexity index is 1040. The molecule has 5 rings (SSSR count). The van der Waals surface area contributed by atoms with Crippen LogP contribution in [0.4, 0.5) is 5.82 Å². The number of aliphatic hydroxyl groups excluding tert-OH is 2. The number of nitrogens with two attached hydrogens (primary N) is 1. The van der Waals surface area contributed by atoms with Crippen LogP contribution in [0, 0.1) is 0 Å². The molecule has 1 aromatic carbocycles. The van der Waals surface area contributed by atoms with E-state index in [1.807, 2.05) is 12.1 Å². The van der Waals surface area contributed by atoms with Gasteiger partial charge in [0.1, 0.15) is 42.2 Å². The number of halogens is 1. The maximum Gasteiger partial charge on any atom is 0.164 e. The predicted octanol–water partition coefficient (Wildman–Crippen LogP) is 1.60. The normalized spacial score (nSPS) is 29.9. The Balaban J connectivity index is 1.50. The molecule has 146 valence electrons. The van der Waals surface area contributed by atoms with E-state index in [9.17, 15) is 10.2 Å². The van der Waals surface area contributed by atoms with Crippen LogP contribution in [0.25, 0.3) is 11.0 Å². The van der Waals surface area contributed by atoms with Gasteiger partial charge in [-0.25, -0.2) is 9.97 Å². The number of aromatic nitrogens is 3. The Morgan fingerprint density at radius 3 is 2.89 bits per heavy atom. The highest BCUT2D eigenvalue weighted by molar-refractivity contribution is 6.30. The van der Waals surface area contributed by atoms with E-state index in [-0.39, 0.29) is 0 Å². The zero-order valence-electron chi connectivity index (χ0n) is 14.8. The van der Waals surface area contributed by atoms with Crippen molar-refractivity contribution in [2.45, 2.75) is 37.1 Å². The molecule has 0 saturated carbocycles. The van der Waals surface area contributed by atoms with Gasteiger partial charge in [-0.2, -0.15) is 0 Å². The van der Waals surface area contributed by atoms with Crippen molar-refractivity contribution < 1.29 is 19.7 Å². The molecule has 4 heterocycles. The molecule has 0 amide bonds.